The average Bonchev–Trinajstić information content (AvgIpc) is 2.31. The summed E-state index contributed by atoms with van der Waals surface area (Å²) in [5.74, 6) is 0.360. The topological polar surface area (TPSA) is 68.8 Å². The van der Waals surface area contributed by atoms with Crippen LogP contribution in [0.2, 0.25) is 0 Å². The Bertz CT molecular complexity index is 273. The summed E-state index contributed by atoms with van der Waals surface area (Å²) in [6, 6.07) is 0.121. The van der Waals surface area contributed by atoms with Gasteiger partial charge in [-0.2, -0.15) is 0 Å². The number of hydrogen-bond acceptors (Lipinski definition) is 5. The second-order valence-corrected chi connectivity index (χ2v) is 6.04. The molecule has 1 atom stereocenters. The van der Waals surface area contributed by atoms with E-state index in [1.807, 2.05) is 20.8 Å². The summed E-state index contributed by atoms with van der Waals surface area (Å²) in [4.78, 5) is 11.6. The first kappa shape index (κ1) is 19.1. The summed E-state index contributed by atoms with van der Waals surface area (Å²) in [6.07, 6.45) is -0.697. The van der Waals surface area contributed by atoms with Crippen LogP contribution < -0.4 is 10.6 Å². The summed E-state index contributed by atoms with van der Waals surface area (Å²) in [5, 5.41) is 6.09. The molecule has 2 N–H and O–H groups in total. The van der Waals surface area contributed by atoms with Crippen molar-refractivity contribution >= 4 is 6.09 Å². The summed E-state index contributed by atoms with van der Waals surface area (Å²) < 4.78 is 15.5. The van der Waals surface area contributed by atoms with E-state index < -0.39 is 11.7 Å². The van der Waals surface area contributed by atoms with Gasteiger partial charge in [-0.05, 0) is 26.7 Å². The Morgan fingerprint density at radius 2 is 1.65 bits per heavy atom. The van der Waals surface area contributed by atoms with Crippen LogP contribution in [-0.2, 0) is 14.2 Å². The van der Waals surface area contributed by atoms with E-state index in [9.17, 15) is 4.79 Å². The zero-order valence-electron chi connectivity index (χ0n) is 13.8. The van der Waals surface area contributed by atoms with Crippen molar-refractivity contribution in [1.29, 1.82) is 0 Å². The van der Waals surface area contributed by atoms with Crippen molar-refractivity contribution in [3.8, 4) is 0 Å². The van der Waals surface area contributed by atoms with E-state index in [1.165, 1.54) is 0 Å². The molecule has 0 radical (unpaired) electrons. The van der Waals surface area contributed by atoms with Gasteiger partial charge in [0, 0.05) is 33.4 Å². The van der Waals surface area contributed by atoms with Gasteiger partial charge in [0.2, 0.25) is 0 Å². The van der Waals surface area contributed by atoms with Crippen LogP contribution in [0.3, 0.4) is 0 Å². The highest BCUT2D eigenvalue weighted by Gasteiger charge is 2.19. The molecule has 0 fully saturated rings. The molecule has 0 aromatic rings. The highest BCUT2D eigenvalue weighted by Crippen LogP contribution is 2.07. The van der Waals surface area contributed by atoms with Crippen LogP contribution >= 0.6 is 0 Å². The molecule has 0 aliphatic rings. The van der Waals surface area contributed by atoms with Gasteiger partial charge in [-0.25, -0.2) is 4.79 Å². The average molecular weight is 290 g/mol. The minimum Gasteiger partial charge on any atom is -0.444 e. The number of hydrogen-bond donors (Lipinski definition) is 2. The third kappa shape index (κ3) is 9.12. The number of methoxy groups -OCH3 is 2. The molecule has 20 heavy (non-hydrogen) atoms. The van der Waals surface area contributed by atoms with Crippen molar-refractivity contribution in [2.75, 3.05) is 27.3 Å². The van der Waals surface area contributed by atoms with Crippen molar-refractivity contribution in [1.82, 2.24) is 10.6 Å². The lowest BCUT2D eigenvalue weighted by molar-refractivity contribution is -0.100. The van der Waals surface area contributed by atoms with E-state index in [-0.39, 0.29) is 12.3 Å². The molecule has 0 heterocycles. The first-order chi connectivity index (χ1) is 9.19. The van der Waals surface area contributed by atoms with Gasteiger partial charge < -0.3 is 24.8 Å². The summed E-state index contributed by atoms with van der Waals surface area (Å²) >= 11 is 0. The largest absolute Gasteiger partial charge is 0.444 e. The number of alkyl carbamates (subject to hydrolysis) is 1. The first-order valence-corrected chi connectivity index (χ1v) is 6.95. The van der Waals surface area contributed by atoms with Gasteiger partial charge in [-0.3, -0.25) is 0 Å². The normalized spacial score (nSPS) is 13.7. The van der Waals surface area contributed by atoms with E-state index in [2.05, 4.69) is 24.5 Å². The van der Waals surface area contributed by atoms with Gasteiger partial charge in [0.25, 0.3) is 0 Å². The van der Waals surface area contributed by atoms with E-state index in [1.54, 1.807) is 14.2 Å². The molecule has 0 aromatic heterocycles. The lowest BCUT2D eigenvalue weighted by Crippen LogP contribution is -2.47. The molecule has 1 unspecified atom stereocenters. The number of amides is 1. The van der Waals surface area contributed by atoms with Crippen molar-refractivity contribution in [2.45, 2.75) is 52.6 Å². The predicted molar refractivity (Wildman–Crippen MR) is 78.7 cm³/mol. The van der Waals surface area contributed by atoms with Crippen molar-refractivity contribution in [2.24, 2.45) is 5.92 Å². The molecule has 0 aromatic carbocycles. The standard InChI is InChI=1S/C14H30N2O4/c1-10(2)11(15-9-12(18-6)19-7)8-16-13(17)20-14(3,4)5/h10-12,15H,8-9H2,1-7H3,(H,16,17). The molecular weight excluding hydrogens is 260 g/mol. The van der Waals surface area contributed by atoms with Crippen LogP contribution in [0.4, 0.5) is 4.79 Å². The molecule has 0 spiro atoms. The van der Waals surface area contributed by atoms with Gasteiger partial charge in [-0.15, -0.1) is 0 Å². The fourth-order valence-electron chi connectivity index (χ4n) is 1.56. The van der Waals surface area contributed by atoms with Crippen LogP contribution in [0.5, 0.6) is 0 Å². The Hall–Kier alpha value is -0.850. The maximum absolute atomic E-state index is 11.6. The van der Waals surface area contributed by atoms with Crippen LogP contribution in [0.15, 0.2) is 0 Å². The van der Waals surface area contributed by atoms with Gasteiger partial charge in [0.05, 0.1) is 0 Å². The van der Waals surface area contributed by atoms with Crippen LogP contribution in [-0.4, -0.2) is 51.3 Å². The van der Waals surface area contributed by atoms with Gasteiger partial charge in [-0.1, -0.05) is 13.8 Å². The molecular formula is C14H30N2O4. The SMILES string of the molecule is COC(CNC(CNC(=O)OC(C)(C)C)C(C)C)OC. The lowest BCUT2D eigenvalue weighted by Gasteiger charge is -2.26. The Labute approximate surface area is 122 Å². The lowest BCUT2D eigenvalue weighted by atomic mass is 10.0. The number of carbonyl (C=O) groups is 1. The van der Waals surface area contributed by atoms with Crippen molar-refractivity contribution < 1.29 is 19.0 Å². The highest BCUT2D eigenvalue weighted by molar-refractivity contribution is 5.67. The number of nitrogens with one attached hydrogen (secondary N) is 2. The van der Waals surface area contributed by atoms with Gasteiger partial charge in [0.15, 0.2) is 6.29 Å². The Balaban J connectivity index is 4.18. The molecule has 0 aliphatic carbocycles. The smallest absolute Gasteiger partial charge is 0.407 e. The molecule has 120 valence electrons. The molecule has 6 heteroatoms. The second kappa shape index (κ2) is 9.15. The molecule has 1 amide bonds. The zero-order valence-corrected chi connectivity index (χ0v) is 13.8. The maximum atomic E-state index is 11.6. The fraction of sp³-hybridized carbons (Fsp3) is 0.929. The predicted octanol–water partition coefficient (Wildman–Crippen LogP) is 1.74. The Morgan fingerprint density at radius 3 is 2.05 bits per heavy atom. The first-order valence-electron chi connectivity index (χ1n) is 6.95. The monoisotopic (exact) mass is 290 g/mol. The van der Waals surface area contributed by atoms with E-state index in [0.29, 0.717) is 19.0 Å². The van der Waals surface area contributed by atoms with Gasteiger partial charge in [0.1, 0.15) is 5.60 Å². The molecule has 0 aliphatic heterocycles. The Kier molecular flexibility index (Phi) is 8.76. The van der Waals surface area contributed by atoms with E-state index >= 15 is 0 Å². The molecule has 0 rings (SSSR count). The fourth-order valence-corrected chi connectivity index (χ4v) is 1.56. The minimum atomic E-state index is -0.484. The Morgan fingerprint density at radius 1 is 1.10 bits per heavy atom. The third-order valence-electron chi connectivity index (χ3n) is 2.74. The number of rotatable bonds is 8. The van der Waals surface area contributed by atoms with Gasteiger partial charge >= 0.3 is 6.09 Å². The quantitative estimate of drug-likeness (QED) is 0.667. The molecule has 0 saturated heterocycles. The molecule has 0 bridgehead atoms. The number of ether oxygens (including phenoxy) is 3. The van der Waals surface area contributed by atoms with E-state index in [0.717, 1.165) is 0 Å². The van der Waals surface area contributed by atoms with Crippen LogP contribution in [0.25, 0.3) is 0 Å². The summed E-state index contributed by atoms with van der Waals surface area (Å²) in [7, 11) is 3.19. The number of carbonyl (C=O) groups excluding carboxylic acids is 1. The van der Waals surface area contributed by atoms with Crippen LogP contribution in [0, 0.1) is 5.92 Å². The molecule has 6 nitrogen and oxygen atoms in total. The zero-order chi connectivity index (χ0) is 15.8. The maximum Gasteiger partial charge on any atom is 0.407 e. The third-order valence-corrected chi connectivity index (χ3v) is 2.74. The van der Waals surface area contributed by atoms with E-state index in [4.69, 9.17) is 14.2 Å². The van der Waals surface area contributed by atoms with Crippen molar-refractivity contribution in [3.05, 3.63) is 0 Å². The second-order valence-electron chi connectivity index (χ2n) is 6.04. The minimum absolute atomic E-state index is 0.121. The highest BCUT2D eigenvalue weighted by atomic mass is 16.7. The van der Waals surface area contributed by atoms with Crippen LogP contribution in [0.1, 0.15) is 34.6 Å². The summed E-state index contributed by atoms with van der Waals surface area (Å²) in [5.41, 5.74) is -0.484. The van der Waals surface area contributed by atoms with Crippen molar-refractivity contribution in [3.63, 3.8) is 0 Å². The molecule has 0 saturated carbocycles. The summed E-state index contributed by atoms with van der Waals surface area (Å²) in [6.45, 7) is 10.7.